The molecule has 188 valence electrons. The summed E-state index contributed by atoms with van der Waals surface area (Å²) in [7, 11) is 0. The number of para-hydroxylation sites is 1. The number of H-pyrrole nitrogens is 1. The van der Waals surface area contributed by atoms with Crippen LogP contribution in [0.2, 0.25) is 0 Å². The molecule has 0 atom stereocenters. The third kappa shape index (κ3) is 5.49. The molecular formula is C24H22BrN3O8. The van der Waals surface area contributed by atoms with Gasteiger partial charge in [-0.2, -0.15) is 0 Å². The van der Waals surface area contributed by atoms with Gasteiger partial charge in [-0.25, -0.2) is 9.59 Å². The second kappa shape index (κ2) is 11.0. The summed E-state index contributed by atoms with van der Waals surface area (Å²) in [5, 5.41) is 22.1. The highest BCUT2D eigenvalue weighted by atomic mass is 79.9. The second-order valence-electron chi connectivity index (χ2n) is 7.47. The number of carbonyl (C=O) groups is 3. The molecular weight excluding hydrogens is 538 g/mol. The Kier molecular flexibility index (Phi) is 8.00. The molecule has 0 bridgehead atoms. The number of nitrogens with one attached hydrogen (secondary N) is 2. The van der Waals surface area contributed by atoms with Crippen LogP contribution in [0.25, 0.3) is 11.1 Å². The van der Waals surface area contributed by atoms with Gasteiger partial charge in [-0.05, 0) is 37.6 Å². The number of carboxylic acids is 2. The molecule has 3 rings (SSSR count). The number of nitrogens with two attached hydrogens (primary N) is 1. The number of hydrogen-bond acceptors (Lipinski definition) is 7. The van der Waals surface area contributed by atoms with Crippen molar-refractivity contribution in [2.75, 3.05) is 24.3 Å². The van der Waals surface area contributed by atoms with Gasteiger partial charge >= 0.3 is 11.9 Å². The highest BCUT2D eigenvalue weighted by molar-refractivity contribution is 9.10. The fourth-order valence-electron chi connectivity index (χ4n) is 3.47. The molecule has 1 amide bonds. The largest absolute Gasteiger partial charge is 0.490 e. The number of pyridine rings is 1. The maximum Gasteiger partial charge on any atom is 0.342 e. The zero-order valence-electron chi connectivity index (χ0n) is 19.2. The van der Waals surface area contributed by atoms with Crippen molar-refractivity contribution in [3.8, 4) is 22.6 Å². The van der Waals surface area contributed by atoms with Gasteiger partial charge in [0.15, 0.2) is 18.1 Å². The molecule has 0 aliphatic carbocycles. The Labute approximate surface area is 213 Å². The summed E-state index contributed by atoms with van der Waals surface area (Å²) in [6.07, 6.45) is 0. The minimum absolute atomic E-state index is 0.0164. The number of nitrogen functional groups attached to an aromatic ring is 1. The standard InChI is InChI=1S/C24H22BrN3O8/c1-3-35-15-8-12(18-19(23(31)32)21(26)28-22(30)20(18)24(33)34)13(25)9-16(15)36-10-17(29)27-14-7-5-4-6-11(14)2/h4-9H,3,10H2,1-2H3,(H,27,29)(H,31,32)(H,33,34)(H3,26,28,30). The van der Waals surface area contributed by atoms with Gasteiger partial charge in [0, 0.05) is 21.3 Å². The van der Waals surface area contributed by atoms with Crippen LogP contribution >= 0.6 is 15.9 Å². The van der Waals surface area contributed by atoms with Crippen LogP contribution in [0.1, 0.15) is 33.2 Å². The Morgan fingerprint density at radius 1 is 1.06 bits per heavy atom. The van der Waals surface area contributed by atoms with Crippen molar-refractivity contribution < 1.29 is 34.1 Å². The van der Waals surface area contributed by atoms with Crippen LogP contribution in [0.15, 0.2) is 45.7 Å². The first-order valence-corrected chi connectivity index (χ1v) is 11.3. The number of ether oxygens (including phenoxy) is 2. The lowest BCUT2D eigenvalue weighted by Crippen LogP contribution is -2.24. The van der Waals surface area contributed by atoms with Gasteiger partial charge in [0.25, 0.3) is 11.5 Å². The van der Waals surface area contributed by atoms with Crippen LogP contribution in [0, 0.1) is 6.92 Å². The molecule has 6 N–H and O–H groups in total. The van der Waals surface area contributed by atoms with Crippen molar-refractivity contribution in [2.45, 2.75) is 13.8 Å². The Morgan fingerprint density at radius 3 is 2.31 bits per heavy atom. The molecule has 11 nitrogen and oxygen atoms in total. The molecule has 1 aromatic heterocycles. The van der Waals surface area contributed by atoms with Gasteiger partial charge in [0.05, 0.1) is 6.61 Å². The van der Waals surface area contributed by atoms with E-state index in [1.165, 1.54) is 12.1 Å². The molecule has 0 aliphatic heterocycles. The van der Waals surface area contributed by atoms with Gasteiger partial charge < -0.3 is 35.7 Å². The topological polar surface area (TPSA) is 181 Å². The molecule has 0 spiro atoms. The summed E-state index contributed by atoms with van der Waals surface area (Å²) >= 11 is 3.28. The van der Waals surface area contributed by atoms with Crippen molar-refractivity contribution in [3.63, 3.8) is 0 Å². The monoisotopic (exact) mass is 559 g/mol. The number of aromatic carboxylic acids is 2. The summed E-state index contributed by atoms with van der Waals surface area (Å²) < 4.78 is 11.4. The molecule has 0 unspecified atom stereocenters. The van der Waals surface area contributed by atoms with E-state index in [9.17, 15) is 29.4 Å². The predicted molar refractivity (Wildman–Crippen MR) is 135 cm³/mol. The van der Waals surface area contributed by atoms with Crippen LogP contribution in [0.4, 0.5) is 11.5 Å². The zero-order valence-corrected chi connectivity index (χ0v) is 20.8. The fraction of sp³-hybridized carbons (Fsp3) is 0.167. The van der Waals surface area contributed by atoms with Crippen molar-refractivity contribution in [1.29, 1.82) is 0 Å². The Hall–Kier alpha value is -4.32. The summed E-state index contributed by atoms with van der Waals surface area (Å²) in [6, 6.07) is 9.92. The molecule has 1 heterocycles. The lowest BCUT2D eigenvalue weighted by molar-refractivity contribution is -0.118. The number of rotatable bonds is 9. The average molecular weight is 560 g/mol. The van der Waals surface area contributed by atoms with E-state index in [-0.39, 0.29) is 34.7 Å². The number of benzene rings is 2. The Bertz CT molecular complexity index is 1420. The number of aromatic amines is 1. The second-order valence-corrected chi connectivity index (χ2v) is 8.32. The molecule has 12 heteroatoms. The summed E-state index contributed by atoms with van der Waals surface area (Å²) in [6.45, 7) is 3.32. The van der Waals surface area contributed by atoms with Crippen molar-refractivity contribution >= 4 is 45.3 Å². The number of amides is 1. The summed E-state index contributed by atoms with van der Waals surface area (Å²) in [4.78, 5) is 50.6. The minimum Gasteiger partial charge on any atom is -0.490 e. The van der Waals surface area contributed by atoms with Gasteiger partial charge in [-0.15, -0.1) is 0 Å². The smallest absolute Gasteiger partial charge is 0.342 e. The number of anilines is 2. The van der Waals surface area contributed by atoms with Gasteiger partial charge in [-0.3, -0.25) is 9.59 Å². The lowest BCUT2D eigenvalue weighted by atomic mass is 9.95. The number of halogens is 1. The van der Waals surface area contributed by atoms with Crippen molar-refractivity contribution in [1.82, 2.24) is 4.98 Å². The molecule has 3 aromatic rings. The van der Waals surface area contributed by atoms with E-state index in [0.29, 0.717) is 5.69 Å². The first-order valence-electron chi connectivity index (χ1n) is 10.5. The Morgan fingerprint density at radius 2 is 1.69 bits per heavy atom. The van der Waals surface area contributed by atoms with Crippen LogP contribution in [-0.4, -0.2) is 46.3 Å². The third-order valence-electron chi connectivity index (χ3n) is 5.05. The summed E-state index contributed by atoms with van der Waals surface area (Å²) in [5.74, 6) is -3.92. The van der Waals surface area contributed by atoms with E-state index in [2.05, 4.69) is 26.2 Å². The third-order valence-corrected chi connectivity index (χ3v) is 5.71. The van der Waals surface area contributed by atoms with E-state index in [0.717, 1.165) is 5.56 Å². The molecule has 0 radical (unpaired) electrons. The van der Waals surface area contributed by atoms with E-state index < -0.39 is 45.9 Å². The molecule has 0 fully saturated rings. The SMILES string of the molecule is CCOc1cc(-c2c(C(=O)O)c(N)[nH]c(=O)c2C(=O)O)c(Br)cc1OCC(=O)Nc1ccccc1C. The highest BCUT2D eigenvalue weighted by Gasteiger charge is 2.29. The number of carboxylic acid groups (broad SMARTS) is 2. The van der Waals surface area contributed by atoms with Crippen LogP contribution in [0.5, 0.6) is 11.5 Å². The van der Waals surface area contributed by atoms with E-state index in [1.54, 1.807) is 19.1 Å². The molecule has 0 saturated carbocycles. The van der Waals surface area contributed by atoms with Gasteiger partial charge in [0.2, 0.25) is 0 Å². The van der Waals surface area contributed by atoms with Crippen LogP contribution in [-0.2, 0) is 4.79 Å². The van der Waals surface area contributed by atoms with Gasteiger partial charge in [-0.1, -0.05) is 34.1 Å². The molecule has 2 aromatic carbocycles. The average Bonchev–Trinajstić information content (AvgIpc) is 2.79. The highest BCUT2D eigenvalue weighted by Crippen LogP contribution is 2.41. The number of hydrogen-bond donors (Lipinski definition) is 5. The Balaban J connectivity index is 2.05. The fourth-order valence-corrected chi connectivity index (χ4v) is 3.99. The molecule has 36 heavy (non-hydrogen) atoms. The minimum atomic E-state index is -1.65. The maximum atomic E-state index is 12.4. The quantitative estimate of drug-likeness (QED) is 0.262. The first-order chi connectivity index (χ1) is 17.0. The number of aromatic nitrogens is 1. The first kappa shape index (κ1) is 26.3. The van der Waals surface area contributed by atoms with Crippen LogP contribution in [0.3, 0.4) is 0 Å². The van der Waals surface area contributed by atoms with E-state index in [4.69, 9.17) is 15.2 Å². The van der Waals surface area contributed by atoms with Crippen molar-refractivity contribution in [3.05, 3.63) is 67.9 Å². The van der Waals surface area contributed by atoms with Gasteiger partial charge in [0.1, 0.15) is 16.9 Å². The number of aryl methyl sites for hydroxylation is 1. The van der Waals surface area contributed by atoms with E-state index in [1.807, 2.05) is 19.1 Å². The van der Waals surface area contributed by atoms with Crippen molar-refractivity contribution in [2.24, 2.45) is 0 Å². The predicted octanol–water partition coefficient (Wildman–Crippen LogP) is 3.51. The zero-order chi connectivity index (χ0) is 26.6. The molecule has 0 saturated heterocycles. The summed E-state index contributed by atoms with van der Waals surface area (Å²) in [5.41, 5.74) is 4.34. The van der Waals surface area contributed by atoms with E-state index >= 15 is 0 Å². The normalized spacial score (nSPS) is 10.5. The number of carbonyl (C=O) groups excluding carboxylic acids is 1. The molecule has 0 aliphatic rings. The van der Waals surface area contributed by atoms with Crippen LogP contribution < -0.4 is 26.1 Å². The lowest BCUT2D eigenvalue weighted by Gasteiger charge is -2.18. The maximum absolute atomic E-state index is 12.4.